The molecular formula is C21H20F3IN4O3. The van der Waals surface area contributed by atoms with Crippen LogP contribution in [0.4, 0.5) is 24.7 Å². The number of carbonyl (C=O) groups is 2. The molecule has 2 heterocycles. The Morgan fingerprint density at radius 2 is 1.94 bits per heavy atom. The molecule has 1 aromatic heterocycles. The third-order valence-corrected chi connectivity index (χ3v) is 6.00. The minimum atomic E-state index is -1.69. The molecule has 1 saturated heterocycles. The fourth-order valence-corrected chi connectivity index (χ4v) is 3.86. The molecule has 2 aromatic rings. The summed E-state index contributed by atoms with van der Waals surface area (Å²) in [4.78, 5) is 35.5. The van der Waals surface area contributed by atoms with E-state index in [1.807, 2.05) is 0 Å². The van der Waals surface area contributed by atoms with Crippen LogP contribution in [0, 0.1) is 39.8 Å². The number of likely N-dealkylation sites (tertiary alicyclic amines) is 1. The summed E-state index contributed by atoms with van der Waals surface area (Å²) in [5.74, 6) is -5.58. The molecule has 170 valence electrons. The van der Waals surface area contributed by atoms with E-state index in [1.54, 1.807) is 13.0 Å². The van der Waals surface area contributed by atoms with Crippen LogP contribution in [0.15, 0.2) is 18.3 Å². The minimum absolute atomic E-state index is 0.0539. The second-order valence-electron chi connectivity index (χ2n) is 7.98. The highest BCUT2D eigenvalue weighted by Crippen LogP contribution is 2.32. The van der Waals surface area contributed by atoms with Crippen molar-refractivity contribution < 1.29 is 27.6 Å². The lowest BCUT2D eigenvalue weighted by Crippen LogP contribution is -2.55. The van der Waals surface area contributed by atoms with E-state index in [-0.39, 0.29) is 30.4 Å². The Morgan fingerprint density at radius 3 is 2.59 bits per heavy atom. The second-order valence-corrected chi connectivity index (χ2v) is 9.23. The van der Waals surface area contributed by atoms with Crippen molar-refractivity contribution in [1.29, 1.82) is 0 Å². The molecule has 2 aliphatic rings. The summed E-state index contributed by atoms with van der Waals surface area (Å²) >= 11 is 2.05. The Bertz CT molecular complexity index is 1070. The zero-order chi connectivity index (χ0) is 23.0. The maximum atomic E-state index is 14.6. The van der Waals surface area contributed by atoms with Gasteiger partial charge in [0.15, 0.2) is 17.5 Å². The molecule has 0 unspecified atom stereocenters. The molecule has 0 radical (unpaired) electrons. The molecule has 0 spiro atoms. The van der Waals surface area contributed by atoms with Crippen molar-refractivity contribution in [3.8, 4) is 0 Å². The van der Waals surface area contributed by atoms with Crippen molar-refractivity contribution in [2.45, 2.75) is 19.8 Å². The average Bonchev–Trinajstić information content (AvgIpc) is 3.53. The highest BCUT2D eigenvalue weighted by Gasteiger charge is 2.38. The smallest absolute Gasteiger partial charge is 0.256 e. The Balaban J connectivity index is 1.48. The van der Waals surface area contributed by atoms with E-state index in [0.29, 0.717) is 24.2 Å². The van der Waals surface area contributed by atoms with Gasteiger partial charge < -0.3 is 10.2 Å². The normalized spacial score (nSPS) is 16.0. The number of hydroxylamine groups is 1. The first kappa shape index (κ1) is 22.8. The van der Waals surface area contributed by atoms with Crippen LogP contribution < -0.4 is 10.8 Å². The van der Waals surface area contributed by atoms with Gasteiger partial charge in [0.25, 0.3) is 5.91 Å². The fourth-order valence-electron chi connectivity index (χ4n) is 3.25. The van der Waals surface area contributed by atoms with Crippen molar-refractivity contribution >= 4 is 45.9 Å². The summed E-state index contributed by atoms with van der Waals surface area (Å²) in [5.41, 5.74) is 2.11. The monoisotopic (exact) mass is 560 g/mol. The number of carbonyl (C=O) groups excluding carboxylic acids is 2. The number of hydrogen-bond acceptors (Lipinski definition) is 5. The van der Waals surface area contributed by atoms with Crippen molar-refractivity contribution in [3.05, 3.63) is 50.5 Å². The van der Waals surface area contributed by atoms with E-state index in [1.165, 1.54) is 11.1 Å². The lowest BCUT2D eigenvalue weighted by Gasteiger charge is -2.38. The van der Waals surface area contributed by atoms with E-state index in [9.17, 15) is 22.8 Å². The molecule has 1 aliphatic heterocycles. The van der Waals surface area contributed by atoms with E-state index in [2.05, 4.69) is 38.4 Å². The number of hydrogen-bond donors (Lipinski definition) is 2. The van der Waals surface area contributed by atoms with Crippen LogP contribution in [0.25, 0.3) is 0 Å². The lowest BCUT2D eigenvalue weighted by molar-refractivity contribution is -0.142. The van der Waals surface area contributed by atoms with Crippen LogP contribution in [0.3, 0.4) is 0 Å². The molecule has 2 fully saturated rings. The second kappa shape index (κ2) is 9.22. The SMILES string of the molecule is Cc1cc(I)cnc1Nc1c(C(=O)N2CC(C(=O)NOCC3CC3)C2)cc(F)c(F)c1F. The standard InChI is InChI=1S/C21H20F3IN4O3/c1-10-4-13(25)6-26-19(10)27-18-14(5-15(22)16(23)17(18)24)21(31)29-7-12(8-29)20(30)28-32-9-11-2-3-11/h4-6,11-12H,2-3,7-9H2,1H3,(H,26,27)(H,28,30). The number of aryl methyl sites for hydroxylation is 1. The van der Waals surface area contributed by atoms with Gasteiger partial charge in [-0.15, -0.1) is 0 Å². The summed E-state index contributed by atoms with van der Waals surface area (Å²) < 4.78 is 43.3. The van der Waals surface area contributed by atoms with Gasteiger partial charge in [0.05, 0.1) is 23.8 Å². The van der Waals surface area contributed by atoms with Crippen LogP contribution in [-0.4, -0.2) is 41.4 Å². The van der Waals surface area contributed by atoms with Gasteiger partial charge in [-0.1, -0.05) is 0 Å². The topological polar surface area (TPSA) is 83.6 Å². The van der Waals surface area contributed by atoms with Crippen molar-refractivity contribution in [1.82, 2.24) is 15.4 Å². The van der Waals surface area contributed by atoms with Gasteiger partial charge in [-0.05, 0) is 66.0 Å². The van der Waals surface area contributed by atoms with Gasteiger partial charge in [0.1, 0.15) is 5.82 Å². The predicted molar refractivity (Wildman–Crippen MR) is 118 cm³/mol. The molecule has 1 saturated carbocycles. The average molecular weight is 560 g/mol. The first-order chi connectivity index (χ1) is 15.2. The Labute approximate surface area is 195 Å². The number of amides is 2. The molecule has 11 heteroatoms. The number of nitrogens with one attached hydrogen (secondary N) is 2. The van der Waals surface area contributed by atoms with Crippen LogP contribution in [-0.2, 0) is 9.63 Å². The molecule has 1 aliphatic carbocycles. The predicted octanol–water partition coefficient (Wildman–Crippen LogP) is 3.69. The van der Waals surface area contributed by atoms with Crippen molar-refractivity contribution in [3.63, 3.8) is 0 Å². The van der Waals surface area contributed by atoms with E-state index in [4.69, 9.17) is 4.84 Å². The van der Waals surface area contributed by atoms with Gasteiger partial charge in [-0.3, -0.25) is 14.4 Å². The third kappa shape index (κ3) is 4.82. The highest BCUT2D eigenvalue weighted by molar-refractivity contribution is 14.1. The van der Waals surface area contributed by atoms with Crippen molar-refractivity contribution in [2.75, 3.05) is 25.0 Å². The van der Waals surface area contributed by atoms with E-state index >= 15 is 0 Å². The molecule has 2 N–H and O–H groups in total. The summed E-state index contributed by atoms with van der Waals surface area (Å²) in [5, 5.41) is 2.62. The molecular weight excluding hydrogens is 540 g/mol. The van der Waals surface area contributed by atoms with E-state index in [0.717, 1.165) is 16.4 Å². The van der Waals surface area contributed by atoms with Gasteiger partial charge >= 0.3 is 0 Å². The number of benzene rings is 1. The van der Waals surface area contributed by atoms with Crippen LogP contribution in [0.2, 0.25) is 0 Å². The Morgan fingerprint density at radius 1 is 1.22 bits per heavy atom. The van der Waals surface area contributed by atoms with Crippen LogP contribution in [0.1, 0.15) is 28.8 Å². The molecule has 1 aromatic carbocycles. The summed E-state index contributed by atoms with van der Waals surface area (Å²) in [6.45, 7) is 2.27. The molecule has 4 rings (SSSR count). The first-order valence-corrected chi connectivity index (χ1v) is 11.1. The number of halogens is 4. The quantitative estimate of drug-likeness (QED) is 0.307. The summed E-state index contributed by atoms with van der Waals surface area (Å²) in [7, 11) is 0. The van der Waals surface area contributed by atoms with Crippen LogP contribution in [0.5, 0.6) is 0 Å². The number of rotatable bonds is 7. The highest BCUT2D eigenvalue weighted by atomic mass is 127. The number of nitrogens with zero attached hydrogens (tertiary/aromatic N) is 2. The van der Waals surface area contributed by atoms with Gasteiger partial charge in [0, 0.05) is 22.9 Å². The summed E-state index contributed by atoms with van der Waals surface area (Å²) in [6.07, 6.45) is 3.68. The van der Waals surface area contributed by atoms with Crippen molar-refractivity contribution in [2.24, 2.45) is 11.8 Å². The Kier molecular flexibility index (Phi) is 6.56. The zero-order valence-corrected chi connectivity index (χ0v) is 19.2. The minimum Gasteiger partial charge on any atom is -0.337 e. The van der Waals surface area contributed by atoms with Gasteiger partial charge in [-0.25, -0.2) is 23.6 Å². The summed E-state index contributed by atoms with van der Waals surface area (Å²) in [6, 6.07) is 2.41. The maximum Gasteiger partial charge on any atom is 0.256 e. The Hall–Kier alpha value is -2.41. The molecule has 7 nitrogen and oxygen atoms in total. The van der Waals surface area contributed by atoms with Gasteiger partial charge in [0.2, 0.25) is 5.91 Å². The maximum absolute atomic E-state index is 14.6. The molecule has 32 heavy (non-hydrogen) atoms. The number of aromatic nitrogens is 1. The largest absolute Gasteiger partial charge is 0.337 e. The van der Waals surface area contributed by atoms with Crippen LogP contribution >= 0.6 is 22.6 Å². The molecule has 2 amide bonds. The zero-order valence-electron chi connectivity index (χ0n) is 17.1. The third-order valence-electron chi connectivity index (χ3n) is 5.41. The molecule has 0 bridgehead atoms. The lowest BCUT2D eigenvalue weighted by atomic mass is 9.97. The number of anilines is 2. The fraction of sp³-hybridized carbons (Fsp3) is 0.381. The first-order valence-electron chi connectivity index (χ1n) is 10.0. The van der Waals surface area contributed by atoms with Gasteiger partial charge in [-0.2, -0.15) is 0 Å². The number of pyridine rings is 1. The van der Waals surface area contributed by atoms with E-state index < -0.39 is 35.0 Å². The molecule has 0 atom stereocenters.